The minimum atomic E-state index is -1.07. The average molecular weight is 286 g/mol. The van der Waals surface area contributed by atoms with Crippen LogP contribution in [0.1, 0.15) is 16.1 Å². The van der Waals surface area contributed by atoms with Gasteiger partial charge in [0.15, 0.2) is 0 Å². The second kappa shape index (κ2) is 6.24. The number of carbonyl (C=O) groups excluding carboxylic acids is 1. The third-order valence-electron chi connectivity index (χ3n) is 2.35. The Labute approximate surface area is 118 Å². The van der Waals surface area contributed by atoms with Gasteiger partial charge in [-0.2, -0.15) is 0 Å². The molecule has 8 heteroatoms. The molecule has 3 N–H and O–H groups in total. The number of rotatable bonds is 4. The standard InChI is InChI=1S/C13H10N4O4/c18-11-7-15-9(6-16-11)13(21)17-10-5-8(3-4-14-10)1-2-12(19)20/h1-7H,(H,16,18)(H,19,20)(H,14,17,21)/b2-1+. The van der Waals surface area contributed by atoms with Crippen molar-refractivity contribution in [3.63, 3.8) is 0 Å². The van der Waals surface area contributed by atoms with Crippen molar-refractivity contribution < 1.29 is 14.7 Å². The lowest BCUT2D eigenvalue weighted by molar-refractivity contribution is -0.131. The van der Waals surface area contributed by atoms with Gasteiger partial charge in [-0.3, -0.25) is 9.59 Å². The molecular weight excluding hydrogens is 276 g/mol. The second-order valence-electron chi connectivity index (χ2n) is 3.90. The van der Waals surface area contributed by atoms with E-state index < -0.39 is 17.4 Å². The molecule has 1 amide bonds. The topological polar surface area (TPSA) is 125 Å². The van der Waals surface area contributed by atoms with Crippen LogP contribution in [0.4, 0.5) is 5.82 Å². The maximum Gasteiger partial charge on any atom is 0.328 e. The first kappa shape index (κ1) is 14.1. The molecule has 106 valence electrons. The number of hydrogen-bond acceptors (Lipinski definition) is 5. The lowest BCUT2D eigenvalue weighted by Crippen LogP contribution is -2.17. The van der Waals surface area contributed by atoms with Crippen LogP contribution in [-0.4, -0.2) is 31.9 Å². The van der Waals surface area contributed by atoms with E-state index >= 15 is 0 Å². The average Bonchev–Trinajstić information content (AvgIpc) is 2.46. The molecule has 0 unspecified atom stereocenters. The van der Waals surface area contributed by atoms with Gasteiger partial charge in [-0.15, -0.1) is 0 Å². The number of H-pyrrole nitrogens is 1. The van der Waals surface area contributed by atoms with Crippen molar-refractivity contribution in [2.75, 3.05) is 5.32 Å². The summed E-state index contributed by atoms with van der Waals surface area (Å²) in [5.41, 5.74) is 0.186. The molecule has 0 aliphatic rings. The molecule has 0 radical (unpaired) electrons. The number of anilines is 1. The number of carboxylic acid groups (broad SMARTS) is 1. The highest BCUT2D eigenvalue weighted by Gasteiger charge is 2.08. The van der Waals surface area contributed by atoms with Crippen molar-refractivity contribution in [1.82, 2.24) is 15.0 Å². The summed E-state index contributed by atoms with van der Waals surface area (Å²) < 4.78 is 0. The van der Waals surface area contributed by atoms with Crippen LogP contribution >= 0.6 is 0 Å². The van der Waals surface area contributed by atoms with Gasteiger partial charge in [-0.25, -0.2) is 14.8 Å². The second-order valence-corrected chi connectivity index (χ2v) is 3.90. The number of aromatic amines is 1. The highest BCUT2D eigenvalue weighted by atomic mass is 16.4. The number of carboxylic acids is 1. The van der Waals surface area contributed by atoms with Gasteiger partial charge in [0.25, 0.3) is 11.5 Å². The summed E-state index contributed by atoms with van der Waals surface area (Å²) in [5.74, 6) is -1.38. The van der Waals surface area contributed by atoms with Crippen LogP contribution in [-0.2, 0) is 4.79 Å². The molecule has 2 heterocycles. The van der Waals surface area contributed by atoms with E-state index in [1.807, 2.05) is 0 Å². The molecule has 0 bridgehead atoms. The zero-order valence-electron chi connectivity index (χ0n) is 10.6. The van der Waals surface area contributed by atoms with Gasteiger partial charge in [0, 0.05) is 18.5 Å². The largest absolute Gasteiger partial charge is 0.478 e. The summed E-state index contributed by atoms with van der Waals surface area (Å²) in [5, 5.41) is 11.0. The normalized spacial score (nSPS) is 10.5. The first-order valence-electron chi connectivity index (χ1n) is 5.78. The first-order valence-corrected chi connectivity index (χ1v) is 5.78. The molecule has 0 saturated carbocycles. The SMILES string of the molecule is O=C(O)/C=C/c1ccnc(NC(=O)c2c[nH]c(=O)cn2)c1. The summed E-state index contributed by atoms with van der Waals surface area (Å²) >= 11 is 0. The van der Waals surface area contributed by atoms with Gasteiger partial charge >= 0.3 is 5.97 Å². The molecule has 0 aromatic carbocycles. The molecule has 0 aliphatic carbocycles. The molecule has 8 nitrogen and oxygen atoms in total. The number of pyridine rings is 1. The molecular formula is C13H10N4O4. The maximum absolute atomic E-state index is 11.9. The van der Waals surface area contributed by atoms with E-state index in [9.17, 15) is 14.4 Å². The van der Waals surface area contributed by atoms with Crippen LogP contribution in [0.5, 0.6) is 0 Å². The molecule has 0 saturated heterocycles. The Bertz CT molecular complexity index is 746. The number of amides is 1. The fourth-order valence-corrected chi connectivity index (χ4v) is 1.43. The highest BCUT2D eigenvalue weighted by molar-refractivity contribution is 6.02. The molecule has 0 spiro atoms. The van der Waals surface area contributed by atoms with Crippen molar-refractivity contribution in [1.29, 1.82) is 0 Å². The van der Waals surface area contributed by atoms with Gasteiger partial charge in [0.05, 0.1) is 6.20 Å². The summed E-state index contributed by atoms with van der Waals surface area (Å²) in [4.78, 5) is 43.1. The molecule has 0 fully saturated rings. The number of aliphatic carboxylic acids is 1. The molecule has 2 rings (SSSR count). The van der Waals surface area contributed by atoms with Crippen LogP contribution in [0, 0.1) is 0 Å². The monoisotopic (exact) mass is 286 g/mol. The molecule has 2 aromatic heterocycles. The summed E-state index contributed by atoms with van der Waals surface area (Å²) in [6.45, 7) is 0. The van der Waals surface area contributed by atoms with Gasteiger partial charge in [-0.05, 0) is 23.8 Å². The van der Waals surface area contributed by atoms with E-state index in [0.29, 0.717) is 5.56 Å². The van der Waals surface area contributed by atoms with Crippen molar-refractivity contribution in [2.24, 2.45) is 0 Å². The third kappa shape index (κ3) is 4.10. The Morgan fingerprint density at radius 2 is 2.14 bits per heavy atom. The van der Waals surface area contributed by atoms with Crippen LogP contribution < -0.4 is 10.9 Å². The Morgan fingerprint density at radius 1 is 1.33 bits per heavy atom. The molecule has 0 atom stereocenters. The third-order valence-corrected chi connectivity index (χ3v) is 2.35. The smallest absolute Gasteiger partial charge is 0.328 e. The lowest BCUT2D eigenvalue weighted by Gasteiger charge is -2.04. The van der Waals surface area contributed by atoms with E-state index in [0.717, 1.165) is 12.3 Å². The van der Waals surface area contributed by atoms with Crippen molar-refractivity contribution in [2.45, 2.75) is 0 Å². The van der Waals surface area contributed by atoms with Crippen molar-refractivity contribution in [3.8, 4) is 0 Å². The summed E-state index contributed by atoms with van der Waals surface area (Å²) in [7, 11) is 0. The predicted octanol–water partition coefficient (Wildman–Crippen LogP) is 0.515. The summed E-state index contributed by atoms with van der Waals surface area (Å²) in [6, 6.07) is 3.09. The zero-order chi connectivity index (χ0) is 15.2. The minimum absolute atomic E-state index is 0.0304. The summed E-state index contributed by atoms with van der Waals surface area (Å²) in [6.07, 6.45) is 5.96. The molecule has 2 aromatic rings. The lowest BCUT2D eigenvalue weighted by atomic mass is 10.2. The first-order chi connectivity index (χ1) is 10.0. The molecule has 21 heavy (non-hydrogen) atoms. The van der Waals surface area contributed by atoms with Crippen molar-refractivity contribution >= 4 is 23.8 Å². The number of hydrogen-bond donors (Lipinski definition) is 3. The number of nitrogens with zero attached hydrogens (tertiary/aromatic N) is 2. The maximum atomic E-state index is 11.9. The highest BCUT2D eigenvalue weighted by Crippen LogP contribution is 2.09. The van der Waals surface area contributed by atoms with E-state index in [2.05, 4.69) is 20.3 Å². The van der Waals surface area contributed by atoms with E-state index in [1.54, 1.807) is 6.07 Å². The van der Waals surface area contributed by atoms with Crippen LogP contribution in [0.15, 0.2) is 41.6 Å². The van der Waals surface area contributed by atoms with E-state index in [-0.39, 0.29) is 11.5 Å². The van der Waals surface area contributed by atoms with Crippen LogP contribution in [0.3, 0.4) is 0 Å². The number of aromatic nitrogens is 3. The van der Waals surface area contributed by atoms with E-state index in [1.165, 1.54) is 24.5 Å². The Balaban J connectivity index is 2.14. The van der Waals surface area contributed by atoms with Gasteiger partial charge < -0.3 is 15.4 Å². The number of nitrogens with one attached hydrogen (secondary N) is 2. The van der Waals surface area contributed by atoms with Crippen molar-refractivity contribution in [3.05, 3.63) is 58.4 Å². The Kier molecular flexibility index (Phi) is 4.20. The fourth-order valence-electron chi connectivity index (χ4n) is 1.43. The quantitative estimate of drug-likeness (QED) is 0.703. The number of carbonyl (C=O) groups is 2. The van der Waals surface area contributed by atoms with Crippen LogP contribution in [0.25, 0.3) is 6.08 Å². The van der Waals surface area contributed by atoms with E-state index in [4.69, 9.17) is 5.11 Å². The zero-order valence-corrected chi connectivity index (χ0v) is 10.6. The van der Waals surface area contributed by atoms with Gasteiger partial charge in [0.2, 0.25) is 0 Å². The fraction of sp³-hybridized carbons (Fsp3) is 0. The predicted molar refractivity (Wildman–Crippen MR) is 73.7 cm³/mol. The Hall–Kier alpha value is -3.29. The Morgan fingerprint density at radius 3 is 2.81 bits per heavy atom. The van der Waals surface area contributed by atoms with Gasteiger partial charge in [0.1, 0.15) is 11.5 Å². The minimum Gasteiger partial charge on any atom is -0.478 e. The van der Waals surface area contributed by atoms with Crippen LogP contribution in [0.2, 0.25) is 0 Å². The van der Waals surface area contributed by atoms with Gasteiger partial charge in [-0.1, -0.05) is 0 Å². The molecule has 0 aliphatic heterocycles.